The minimum Gasteiger partial charge on any atom is -0.396 e. The Morgan fingerprint density at radius 1 is 1.12 bits per heavy atom. The van der Waals surface area contributed by atoms with Gasteiger partial charge in [0.05, 0.1) is 11.6 Å². The van der Waals surface area contributed by atoms with Crippen LogP contribution in [0.4, 0.5) is 11.5 Å². The van der Waals surface area contributed by atoms with Crippen LogP contribution in [0, 0.1) is 11.3 Å². The Bertz CT molecular complexity index is 1270. The molecule has 0 bridgehead atoms. The molecule has 0 saturated carbocycles. The number of nitrogens with zero attached hydrogens (tertiary/aromatic N) is 5. The first-order valence-corrected chi connectivity index (χ1v) is 10.7. The Labute approximate surface area is 192 Å². The molecular weight excluding hydrogens is 418 g/mol. The van der Waals surface area contributed by atoms with Crippen molar-refractivity contribution in [2.75, 3.05) is 18.1 Å². The molecule has 3 rings (SSSR count). The Balaban J connectivity index is 2.09. The molecule has 2 aromatic carbocycles. The Morgan fingerprint density at radius 2 is 1.85 bits per heavy atom. The zero-order valence-electron chi connectivity index (χ0n) is 18.6. The zero-order valence-corrected chi connectivity index (χ0v) is 18.6. The molecule has 8 heteroatoms. The summed E-state index contributed by atoms with van der Waals surface area (Å²) in [5.74, 6) is 0.201. The first-order chi connectivity index (χ1) is 16.0. The van der Waals surface area contributed by atoms with E-state index in [-0.39, 0.29) is 31.1 Å². The highest BCUT2D eigenvalue weighted by Crippen LogP contribution is 2.25. The molecule has 0 unspecified atom stereocenters. The first kappa shape index (κ1) is 23.7. The third kappa shape index (κ3) is 5.45. The number of hydrogen-bond donors (Lipinski definition) is 1. The Kier molecular flexibility index (Phi) is 7.95. The highest BCUT2D eigenvalue weighted by molar-refractivity contribution is 5.64. The fourth-order valence-corrected chi connectivity index (χ4v) is 3.76. The number of aliphatic imine (C=N–C) groups is 1. The predicted octanol–water partition coefficient (Wildman–Crippen LogP) is 2.38. The number of nitriles is 1. The summed E-state index contributed by atoms with van der Waals surface area (Å²) in [6.07, 6.45) is 0.868. The molecule has 0 fully saturated rings. The molecule has 0 amide bonds. The van der Waals surface area contributed by atoms with E-state index >= 15 is 0 Å². The summed E-state index contributed by atoms with van der Waals surface area (Å²) in [5.41, 5.74) is 1.85. The van der Waals surface area contributed by atoms with Gasteiger partial charge in [0.2, 0.25) is 0 Å². The number of aromatic nitrogens is 2. The molecule has 0 aliphatic heterocycles. The third-order valence-corrected chi connectivity index (χ3v) is 5.44. The van der Waals surface area contributed by atoms with Gasteiger partial charge in [0.15, 0.2) is 5.82 Å². The van der Waals surface area contributed by atoms with Crippen molar-refractivity contribution in [1.29, 1.82) is 5.26 Å². The average Bonchev–Trinajstić information content (AvgIpc) is 2.84. The minimum absolute atomic E-state index is 0.107. The van der Waals surface area contributed by atoms with Gasteiger partial charge >= 0.3 is 5.69 Å². The molecule has 170 valence electrons. The van der Waals surface area contributed by atoms with E-state index in [1.165, 1.54) is 4.57 Å². The van der Waals surface area contributed by atoms with Crippen molar-refractivity contribution in [3.05, 3.63) is 92.1 Å². The van der Waals surface area contributed by atoms with Crippen LogP contribution in [0.25, 0.3) is 0 Å². The smallest absolute Gasteiger partial charge is 0.332 e. The normalized spacial score (nSPS) is 10.6. The quantitative estimate of drug-likeness (QED) is 0.483. The van der Waals surface area contributed by atoms with E-state index in [1.54, 1.807) is 13.1 Å². The SMILES string of the molecule is C=Nc1c(N(CCc2cccc(C#N)c2)Cc2ccccc2)c(=O)n(CCCO)c(=O)n1C. The molecule has 3 aromatic rings. The van der Waals surface area contributed by atoms with Gasteiger partial charge in [-0.25, -0.2) is 9.79 Å². The van der Waals surface area contributed by atoms with Gasteiger partial charge in [-0.1, -0.05) is 42.5 Å². The van der Waals surface area contributed by atoms with Crippen molar-refractivity contribution in [3.63, 3.8) is 0 Å². The maximum Gasteiger partial charge on any atom is 0.332 e. The van der Waals surface area contributed by atoms with Crippen LogP contribution in [-0.4, -0.2) is 34.1 Å². The summed E-state index contributed by atoms with van der Waals surface area (Å²) in [5, 5.41) is 18.4. The molecule has 33 heavy (non-hydrogen) atoms. The van der Waals surface area contributed by atoms with Gasteiger partial charge in [-0.15, -0.1) is 0 Å². The Hall–Kier alpha value is -3.96. The molecule has 0 atom stereocenters. The van der Waals surface area contributed by atoms with Gasteiger partial charge in [0, 0.05) is 33.3 Å². The van der Waals surface area contributed by atoms with Crippen molar-refractivity contribution in [2.24, 2.45) is 12.0 Å². The second-order valence-corrected chi connectivity index (χ2v) is 7.68. The van der Waals surface area contributed by atoms with Crippen molar-refractivity contribution < 1.29 is 5.11 Å². The summed E-state index contributed by atoms with van der Waals surface area (Å²) in [6.45, 7) is 4.46. The van der Waals surface area contributed by atoms with Crippen LogP contribution >= 0.6 is 0 Å². The van der Waals surface area contributed by atoms with Gasteiger partial charge in [-0.2, -0.15) is 5.26 Å². The van der Waals surface area contributed by atoms with Gasteiger partial charge < -0.3 is 10.0 Å². The second-order valence-electron chi connectivity index (χ2n) is 7.68. The number of hydrogen-bond acceptors (Lipinski definition) is 6. The van der Waals surface area contributed by atoms with Crippen LogP contribution in [0.1, 0.15) is 23.1 Å². The van der Waals surface area contributed by atoms with Crippen molar-refractivity contribution in [2.45, 2.75) is 25.9 Å². The standard InChI is InChI=1S/C25H27N5O3/c1-27-23-22(24(32)30(13-7-15-31)25(33)28(23)2)29(18-20-8-4-3-5-9-20)14-12-19-10-6-11-21(16-19)17-26/h3-6,8-11,16,31H,1,7,12-15,18H2,2H3. The summed E-state index contributed by atoms with van der Waals surface area (Å²) >= 11 is 0. The van der Waals surface area contributed by atoms with E-state index < -0.39 is 11.2 Å². The van der Waals surface area contributed by atoms with E-state index in [4.69, 9.17) is 0 Å². The minimum atomic E-state index is -0.499. The van der Waals surface area contributed by atoms with Crippen molar-refractivity contribution in [3.8, 4) is 6.07 Å². The molecule has 0 saturated heterocycles. The third-order valence-electron chi connectivity index (χ3n) is 5.44. The first-order valence-electron chi connectivity index (χ1n) is 10.7. The van der Waals surface area contributed by atoms with E-state index in [0.29, 0.717) is 25.1 Å². The molecule has 1 heterocycles. The predicted molar refractivity (Wildman–Crippen MR) is 129 cm³/mol. The molecule has 0 aliphatic rings. The van der Waals surface area contributed by atoms with E-state index in [9.17, 15) is 20.0 Å². The monoisotopic (exact) mass is 445 g/mol. The fraction of sp³-hybridized carbons (Fsp3) is 0.280. The lowest BCUT2D eigenvalue weighted by atomic mass is 10.1. The van der Waals surface area contributed by atoms with E-state index in [0.717, 1.165) is 15.7 Å². The number of aliphatic hydroxyl groups excluding tert-OH is 1. The number of anilines is 1. The van der Waals surface area contributed by atoms with Crippen LogP contribution in [0.15, 0.2) is 69.2 Å². The topological polar surface area (TPSA) is 104 Å². The van der Waals surface area contributed by atoms with Gasteiger partial charge in [0.1, 0.15) is 5.69 Å². The van der Waals surface area contributed by atoms with E-state index in [1.807, 2.05) is 53.4 Å². The summed E-state index contributed by atoms with van der Waals surface area (Å²) in [7, 11) is 1.56. The number of rotatable bonds is 10. The Morgan fingerprint density at radius 3 is 2.52 bits per heavy atom. The summed E-state index contributed by atoms with van der Waals surface area (Å²) < 4.78 is 2.45. The van der Waals surface area contributed by atoms with Crippen LogP contribution in [0.3, 0.4) is 0 Å². The highest BCUT2D eigenvalue weighted by atomic mass is 16.3. The summed E-state index contributed by atoms with van der Waals surface area (Å²) in [6, 6.07) is 19.2. The molecule has 8 nitrogen and oxygen atoms in total. The fourth-order valence-electron chi connectivity index (χ4n) is 3.76. The van der Waals surface area contributed by atoms with Crippen LogP contribution < -0.4 is 16.1 Å². The van der Waals surface area contributed by atoms with Crippen LogP contribution in [0.2, 0.25) is 0 Å². The van der Waals surface area contributed by atoms with Crippen molar-refractivity contribution >= 4 is 18.2 Å². The van der Waals surface area contributed by atoms with E-state index in [2.05, 4.69) is 17.8 Å². The summed E-state index contributed by atoms with van der Waals surface area (Å²) in [4.78, 5) is 32.2. The average molecular weight is 446 g/mol. The lowest BCUT2D eigenvalue weighted by molar-refractivity contribution is 0.277. The van der Waals surface area contributed by atoms with Crippen LogP contribution in [-0.2, 0) is 26.6 Å². The maximum atomic E-state index is 13.5. The maximum absolute atomic E-state index is 13.5. The molecule has 1 N–H and O–H groups in total. The van der Waals surface area contributed by atoms with Gasteiger partial charge in [-0.3, -0.25) is 13.9 Å². The molecule has 1 aromatic heterocycles. The molecule has 0 radical (unpaired) electrons. The lowest BCUT2D eigenvalue weighted by Crippen LogP contribution is -2.43. The zero-order chi connectivity index (χ0) is 23.8. The van der Waals surface area contributed by atoms with Crippen molar-refractivity contribution in [1.82, 2.24) is 9.13 Å². The van der Waals surface area contributed by atoms with Gasteiger partial charge in [-0.05, 0) is 42.8 Å². The molecule has 0 spiro atoms. The molecule has 0 aliphatic carbocycles. The lowest BCUT2D eigenvalue weighted by Gasteiger charge is -2.27. The number of aliphatic hydroxyl groups is 1. The van der Waals surface area contributed by atoms with Gasteiger partial charge in [0.25, 0.3) is 5.56 Å². The number of benzene rings is 2. The molecular formula is C25H27N5O3. The second kappa shape index (κ2) is 11.1. The highest BCUT2D eigenvalue weighted by Gasteiger charge is 2.22. The van der Waals surface area contributed by atoms with Crippen LogP contribution in [0.5, 0.6) is 0 Å². The largest absolute Gasteiger partial charge is 0.396 e.